The van der Waals surface area contributed by atoms with E-state index in [1.165, 1.54) is 9.79 Å². The molecule has 0 aliphatic carbocycles. The molecular formula is C14H18S2. The number of thioether (sulfide) groups is 2. The van der Waals surface area contributed by atoms with Crippen molar-refractivity contribution in [2.45, 2.75) is 22.6 Å². The quantitative estimate of drug-likeness (QED) is 0.361. The molecule has 0 radical (unpaired) electrons. The molecule has 1 aromatic carbocycles. The molecule has 0 unspecified atom stereocenters. The number of rotatable bonds is 8. The molecule has 0 aliphatic heterocycles. The van der Waals surface area contributed by atoms with Gasteiger partial charge in [-0.05, 0) is 31.0 Å². The average molecular weight is 250 g/mol. The summed E-state index contributed by atoms with van der Waals surface area (Å²) in [7, 11) is 0. The maximum Gasteiger partial charge on any atom is 0.00831 e. The Morgan fingerprint density at radius 2 is 1.44 bits per heavy atom. The van der Waals surface area contributed by atoms with Gasteiger partial charge in [-0.1, -0.05) is 18.2 Å². The van der Waals surface area contributed by atoms with Crippen molar-refractivity contribution in [2.75, 3.05) is 11.5 Å². The first kappa shape index (κ1) is 13.5. The Hall–Kier alpha value is -0.600. The Morgan fingerprint density at radius 1 is 0.938 bits per heavy atom. The van der Waals surface area contributed by atoms with Crippen LogP contribution in [0, 0.1) is 0 Å². The third-order valence-electron chi connectivity index (χ3n) is 1.99. The molecule has 0 fully saturated rings. The summed E-state index contributed by atoms with van der Waals surface area (Å²) in [5, 5.41) is 0. The lowest BCUT2D eigenvalue weighted by atomic mass is 10.4. The zero-order valence-electron chi connectivity index (χ0n) is 9.52. The molecule has 0 saturated carbocycles. The van der Waals surface area contributed by atoms with E-state index in [4.69, 9.17) is 0 Å². The molecule has 0 N–H and O–H groups in total. The van der Waals surface area contributed by atoms with Crippen LogP contribution in [0.15, 0.2) is 59.4 Å². The minimum absolute atomic E-state index is 1.07. The fourth-order valence-electron chi connectivity index (χ4n) is 1.17. The predicted molar refractivity (Wildman–Crippen MR) is 77.5 cm³/mol. The van der Waals surface area contributed by atoms with Crippen molar-refractivity contribution in [1.82, 2.24) is 0 Å². The molecule has 0 atom stereocenters. The normalized spacial score (nSPS) is 10.0. The summed E-state index contributed by atoms with van der Waals surface area (Å²) in [5.41, 5.74) is 0. The van der Waals surface area contributed by atoms with E-state index in [1.807, 2.05) is 35.7 Å². The van der Waals surface area contributed by atoms with E-state index >= 15 is 0 Å². The lowest BCUT2D eigenvalue weighted by Gasteiger charge is -2.03. The summed E-state index contributed by atoms with van der Waals surface area (Å²) in [4.78, 5) is 2.70. The first-order valence-corrected chi connectivity index (χ1v) is 7.41. The van der Waals surface area contributed by atoms with E-state index in [2.05, 4.69) is 37.4 Å². The molecular weight excluding hydrogens is 232 g/mol. The highest BCUT2D eigenvalue weighted by Crippen LogP contribution is 2.25. The molecule has 0 amide bonds. The predicted octanol–water partition coefficient (Wildman–Crippen LogP) is 5.02. The Kier molecular flexibility index (Phi) is 7.19. The third-order valence-corrected chi connectivity index (χ3v) is 4.04. The summed E-state index contributed by atoms with van der Waals surface area (Å²) in [6.07, 6.45) is 6.07. The van der Waals surface area contributed by atoms with Crippen LogP contribution in [0.1, 0.15) is 12.8 Å². The molecule has 0 aliphatic rings. The van der Waals surface area contributed by atoms with Gasteiger partial charge < -0.3 is 0 Å². The topological polar surface area (TPSA) is 0 Å². The molecule has 0 nitrogen and oxygen atoms in total. The molecule has 16 heavy (non-hydrogen) atoms. The number of hydrogen-bond acceptors (Lipinski definition) is 2. The standard InChI is InChI=1S/C14H18S2/c1-3-5-10-15-13-8-7-9-14(12-13)16-11-6-4-2/h3-4,7-9,12H,1-2,5-6,10-11H2. The zero-order valence-corrected chi connectivity index (χ0v) is 11.2. The summed E-state index contributed by atoms with van der Waals surface area (Å²) in [6.45, 7) is 7.46. The SMILES string of the molecule is C=CCCSc1cccc(SCCC=C)c1. The van der Waals surface area contributed by atoms with Crippen LogP contribution in [0.4, 0.5) is 0 Å². The van der Waals surface area contributed by atoms with E-state index in [9.17, 15) is 0 Å². The van der Waals surface area contributed by atoms with Crippen LogP contribution in [-0.2, 0) is 0 Å². The lowest BCUT2D eigenvalue weighted by molar-refractivity contribution is 1.23. The second-order valence-corrected chi connectivity index (χ2v) is 5.66. The maximum absolute atomic E-state index is 3.73. The molecule has 1 aromatic rings. The van der Waals surface area contributed by atoms with Gasteiger partial charge in [0.1, 0.15) is 0 Å². The first-order valence-electron chi connectivity index (χ1n) is 5.44. The maximum atomic E-state index is 3.73. The molecule has 0 spiro atoms. The van der Waals surface area contributed by atoms with Crippen LogP contribution in [-0.4, -0.2) is 11.5 Å². The second-order valence-electron chi connectivity index (χ2n) is 3.33. The Balaban J connectivity index is 2.43. The summed E-state index contributed by atoms with van der Waals surface area (Å²) >= 11 is 3.79. The summed E-state index contributed by atoms with van der Waals surface area (Å²) in [5.74, 6) is 2.23. The van der Waals surface area contributed by atoms with Crippen LogP contribution in [0.25, 0.3) is 0 Å². The van der Waals surface area contributed by atoms with Crippen molar-refractivity contribution >= 4 is 23.5 Å². The van der Waals surface area contributed by atoms with E-state index in [0.29, 0.717) is 0 Å². The smallest absolute Gasteiger partial charge is 0.00831 e. The van der Waals surface area contributed by atoms with Gasteiger partial charge >= 0.3 is 0 Å². The van der Waals surface area contributed by atoms with Crippen molar-refractivity contribution in [1.29, 1.82) is 0 Å². The molecule has 2 heteroatoms. The largest absolute Gasteiger partial charge is 0.126 e. The molecule has 0 saturated heterocycles. The average Bonchev–Trinajstić information content (AvgIpc) is 2.30. The molecule has 0 bridgehead atoms. The fourth-order valence-corrected chi connectivity index (χ4v) is 3.06. The van der Waals surface area contributed by atoms with Gasteiger partial charge in [0.05, 0.1) is 0 Å². The number of benzene rings is 1. The third kappa shape index (κ3) is 5.47. The van der Waals surface area contributed by atoms with Crippen LogP contribution in [0.2, 0.25) is 0 Å². The van der Waals surface area contributed by atoms with Crippen molar-refractivity contribution in [2.24, 2.45) is 0 Å². The van der Waals surface area contributed by atoms with Gasteiger partial charge in [0.25, 0.3) is 0 Å². The number of hydrogen-bond donors (Lipinski definition) is 0. The molecule has 1 rings (SSSR count). The Bertz CT molecular complexity index is 302. The van der Waals surface area contributed by atoms with Crippen molar-refractivity contribution < 1.29 is 0 Å². The van der Waals surface area contributed by atoms with Gasteiger partial charge in [-0.2, -0.15) is 0 Å². The summed E-state index contributed by atoms with van der Waals surface area (Å²) in [6, 6.07) is 8.74. The van der Waals surface area contributed by atoms with Crippen molar-refractivity contribution in [3.63, 3.8) is 0 Å². The van der Waals surface area contributed by atoms with Gasteiger partial charge in [-0.25, -0.2) is 0 Å². The van der Waals surface area contributed by atoms with E-state index in [1.54, 1.807) is 0 Å². The van der Waals surface area contributed by atoms with Gasteiger partial charge in [0.2, 0.25) is 0 Å². The zero-order chi connectivity index (χ0) is 11.6. The summed E-state index contributed by atoms with van der Waals surface area (Å²) < 4.78 is 0. The first-order chi connectivity index (χ1) is 7.86. The highest BCUT2D eigenvalue weighted by atomic mass is 32.2. The van der Waals surface area contributed by atoms with Gasteiger partial charge in [0.15, 0.2) is 0 Å². The minimum atomic E-state index is 1.07. The second kappa shape index (κ2) is 8.54. The van der Waals surface area contributed by atoms with Gasteiger partial charge in [0, 0.05) is 21.3 Å². The van der Waals surface area contributed by atoms with E-state index in [-0.39, 0.29) is 0 Å². The molecule has 0 aromatic heterocycles. The number of allylic oxidation sites excluding steroid dienone is 2. The molecule has 86 valence electrons. The van der Waals surface area contributed by atoms with Crippen LogP contribution in [0.3, 0.4) is 0 Å². The molecule has 0 heterocycles. The Morgan fingerprint density at radius 3 is 1.88 bits per heavy atom. The Labute approximate surface area is 107 Å². The van der Waals surface area contributed by atoms with Gasteiger partial charge in [-0.3, -0.25) is 0 Å². The highest BCUT2D eigenvalue weighted by Gasteiger charge is 1.96. The highest BCUT2D eigenvalue weighted by molar-refractivity contribution is 8.00. The fraction of sp³-hybridized carbons (Fsp3) is 0.286. The van der Waals surface area contributed by atoms with Crippen LogP contribution < -0.4 is 0 Å². The lowest BCUT2D eigenvalue weighted by Crippen LogP contribution is -1.80. The minimum Gasteiger partial charge on any atom is -0.126 e. The monoisotopic (exact) mass is 250 g/mol. The van der Waals surface area contributed by atoms with Crippen molar-refractivity contribution in [3.8, 4) is 0 Å². The van der Waals surface area contributed by atoms with Crippen LogP contribution in [0.5, 0.6) is 0 Å². The van der Waals surface area contributed by atoms with Crippen molar-refractivity contribution in [3.05, 3.63) is 49.6 Å². The van der Waals surface area contributed by atoms with Crippen LogP contribution >= 0.6 is 23.5 Å². The van der Waals surface area contributed by atoms with E-state index in [0.717, 1.165) is 24.3 Å². The van der Waals surface area contributed by atoms with E-state index < -0.39 is 0 Å². The van der Waals surface area contributed by atoms with Gasteiger partial charge in [-0.15, -0.1) is 36.7 Å².